The van der Waals surface area contributed by atoms with Gasteiger partial charge in [-0.05, 0) is 54.8 Å². The SMILES string of the molecule is CC[C@]1(C)CC2CC1C1CCCC21. The molecule has 0 heteroatoms. The first kappa shape index (κ1) is 8.32. The third-order valence-corrected chi connectivity index (χ3v) is 5.74. The van der Waals surface area contributed by atoms with Gasteiger partial charge in [0.05, 0.1) is 0 Å². The first-order valence-electron chi connectivity index (χ1n) is 6.24. The molecule has 4 unspecified atom stereocenters. The van der Waals surface area contributed by atoms with Crippen LogP contribution >= 0.6 is 0 Å². The Morgan fingerprint density at radius 3 is 2.77 bits per heavy atom. The average Bonchev–Trinajstić information content (AvgIpc) is 2.72. The van der Waals surface area contributed by atoms with Gasteiger partial charge in [0.15, 0.2) is 0 Å². The topological polar surface area (TPSA) is 0 Å². The van der Waals surface area contributed by atoms with Gasteiger partial charge in [-0.2, -0.15) is 0 Å². The highest BCUT2D eigenvalue weighted by Crippen LogP contribution is 2.66. The molecule has 0 aromatic heterocycles. The molecule has 0 radical (unpaired) electrons. The number of hydrogen-bond acceptors (Lipinski definition) is 0. The van der Waals surface area contributed by atoms with Crippen molar-refractivity contribution in [2.24, 2.45) is 29.1 Å². The summed E-state index contributed by atoms with van der Waals surface area (Å²) in [6.45, 7) is 4.97. The van der Waals surface area contributed by atoms with Crippen LogP contribution in [0.5, 0.6) is 0 Å². The molecule has 13 heavy (non-hydrogen) atoms. The van der Waals surface area contributed by atoms with Gasteiger partial charge in [0.1, 0.15) is 0 Å². The van der Waals surface area contributed by atoms with Crippen LogP contribution in [0.15, 0.2) is 0 Å². The van der Waals surface area contributed by atoms with Gasteiger partial charge >= 0.3 is 0 Å². The van der Waals surface area contributed by atoms with Crippen LogP contribution in [-0.4, -0.2) is 0 Å². The molecule has 0 N–H and O–H groups in total. The molecule has 3 aliphatic rings. The highest BCUT2D eigenvalue weighted by atomic mass is 14.6. The van der Waals surface area contributed by atoms with E-state index in [-0.39, 0.29) is 0 Å². The van der Waals surface area contributed by atoms with Gasteiger partial charge in [-0.3, -0.25) is 0 Å². The van der Waals surface area contributed by atoms with Gasteiger partial charge in [-0.1, -0.05) is 26.7 Å². The van der Waals surface area contributed by atoms with Crippen molar-refractivity contribution in [1.82, 2.24) is 0 Å². The average molecular weight is 178 g/mol. The predicted octanol–water partition coefficient (Wildman–Crippen LogP) is 3.86. The maximum atomic E-state index is 2.56. The van der Waals surface area contributed by atoms with Gasteiger partial charge in [-0.25, -0.2) is 0 Å². The number of fused-ring (bicyclic) bond motifs is 5. The van der Waals surface area contributed by atoms with E-state index in [1.807, 2.05) is 0 Å². The van der Waals surface area contributed by atoms with E-state index in [0.29, 0.717) is 0 Å². The van der Waals surface area contributed by atoms with Crippen molar-refractivity contribution in [2.45, 2.75) is 52.4 Å². The normalized spacial score (nSPS) is 58.6. The van der Waals surface area contributed by atoms with E-state index in [2.05, 4.69) is 13.8 Å². The lowest BCUT2D eigenvalue weighted by Gasteiger charge is -2.39. The van der Waals surface area contributed by atoms with Crippen LogP contribution in [0.2, 0.25) is 0 Å². The Morgan fingerprint density at radius 1 is 1.23 bits per heavy atom. The Morgan fingerprint density at radius 2 is 2.00 bits per heavy atom. The Labute approximate surface area is 82.1 Å². The third kappa shape index (κ3) is 0.926. The van der Waals surface area contributed by atoms with Crippen molar-refractivity contribution < 1.29 is 0 Å². The minimum Gasteiger partial charge on any atom is -0.0649 e. The second-order valence-corrected chi connectivity index (χ2v) is 6.07. The van der Waals surface area contributed by atoms with Crippen molar-refractivity contribution in [1.29, 1.82) is 0 Å². The molecule has 2 bridgehead atoms. The standard InChI is InChI=1S/C13H22/c1-3-13(2)8-9-7-12(13)11-6-4-5-10(9)11/h9-12H,3-8H2,1-2H3/t9?,10?,11?,12?,13-/m1/s1. The molecule has 3 fully saturated rings. The molecule has 3 saturated carbocycles. The quantitative estimate of drug-likeness (QED) is 0.572. The van der Waals surface area contributed by atoms with Crippen molar-refractivity contribution in [2.75, 3.05) is 0 Å². The van der Waals surface area contributed by atoms with Gasteiger partial charge in [-0.15, -0.1) is 0 Å². The van der Waals surface area contributed by atoms with Crippen LogP contribution in [0.3, 0.4) is 0 Å². The second-order valence-electron chi connectivity index (χ2n) is 6.07. The molecule has 0 aromatic carbocycles. The van der Waals surface area contributed by atoms with Crippen molar-refractivity contribution in [3.8, 4) is 0 Å². The lowest BCUT2D eigenvalue weighted by molar-refractivity contribution is 0.0956. The first-order chi connectivity index (χ1) is 6.24. The molecular weight excluding hydrogens is 156 g/mol. The first-order valence-corrected chi connectivity index (χ1v) is 6.24. The van der Waals surface area contributed by atoms with Crippen LogP contribution in [0.4, 0.5) is 0 Å². The maximum absolute atomic E-state index is 2.56. The van der Waals surface area contributed by atoms with E-state index >= 15 is 0 Å². The van der Waals surface area contributed by atoms with E-state index in [9.17, 15) is 0 Å². The summed E-state index contributed by atoms with van der Waals surface area (Å²) >= 11 is 0. The highest BCUT2D eigenvalue weighted by molar-refractivity contribution is 5.07. The van der Waals surface area contributed by atoms with E-state index in [1.165, 1.54) is 12.3 Å². The van der Waals surface area contributed by atoms with Crippen molar-refractivity contribution >= 4 is 0 Å². The van der Waals surface area contributed by atoms with Crippen molar-refractivity contribution in [3.05, 3.63) is 0 Å². The molecule has 5 atom stereocenters. The molecule has 0 aliphatic heterocycles. The fourth-order valence-electron chi connectivity index (χ4n) is 4.97. The molecule has 0 amide bonds. The third-order valence-electron chi connectivity index (χ3n) is 5.74. The monoisotopic (exact) mass is 178 g/mol. The second kappa shape index (κ2) is 2.52. The summed E-state index contributed by atoms with van der Waals surface area (Å²) in [5.74, 6) is 4.59. The van der Waals surface area contributed by atoms with Crippen LogP contribution in [0.1, 0.15) is 52.4 Å². The summed E-state index contributed by atoms with van der Waals surface area (Å²) in [6.07, 6.45) is 9.28. The predicted molar refractivity (Wildman–Crippen MR) is 55.4 cm³/mol. The maximum Gasteiger partial charge on any atom is -0.0295 e. The summed E-state index contributed by atoms with van der Waals surface area (Å²) < 4.78 is 0. The van der Waals surface area contributed by atoms with E-state index in [1.54, 1.807) is 32.1 Å². The summed E-state index contributed by atoms with van der Waals surface area (Å²) in [4.78, 5) is 0. The Balaban J connectivity index is 1.89. The molecule has 3 rings (SSSR count). The zero-order valence-corrected chi connectivity index (χ0v) is 9.05. The summed E-state index contributed by atoms with van der Waals surface area (Å²) in [5.41, 5.74) is 0.746. The smallest absolute Gasteiger partial charge is 0.0295 e. The van der Waals surface area contributed by atoms with Crippen molar-refractivity contribution in [3.63, 3.8) is 0 Å². The number of rotatable bonds is 1. The summed E-state index contributed by atoms with van der Waals surface area (Å²) in [5, 5.41) is 0. The van der Waals surface area contributed by atoms with E-state index in [4.69, 9.17) is 0 Å². The summed E-state index contributed by atoms with van der Waals surface area (Å²) in [7, 11) is 0. The van der Waals surface area contributed by atoms with Crippen LogP contribution in [0.25, 0.3) is 0 Å². The zero-order chi connectivity index (χ0) is 9.05. The molecule has 0 spiro atoms. The fraction of sp³-hybridized carbons (Fsp3) is 1.00. The molecule has 0 aromatic rings. The van der Waals surface area contributed by atoms with Crippen LogP contribution in [-0.2, 0) is 0 Å². The lowest BCUT2D eigenvalue weighted by Crippen LogP contribution is -2.32. The summed E-state index contributed by atoms with van der Waals surface area (Å²) in [6, 6.07) is 0. The minimum atomic E-state index is 0.746. The van der Waals surface area contributed by atoms with Crippen LogP contribution < -0.4 is 0 Å². The van der Waals surface area contributed by atoms with E-state index < -0.39 is 0 Å². The van der Waals surface area contributed by atoms with Gasteiger partial charge < -0.3 is 0 Å². The molecule has 74 valence electrons. The van der Waals surface area contributed by atoms with Gasteiger partial charge in [0, 0.05) is 0 Å². The molecule has 0 saturated heterocycles. The molecule has 0 heterocycles. The molecule has 0 nitrogen and oxygen atoms in total. The van der Waals surface area contributed by atoms with E-state index in [0.717, 1.165) is 23.2 Å². The Kier molecular flexibility index (Phi) is 1.61. The largest absolute Gasteiger partial charge is 0.0649 e. The zero-order valence-electron chi connectivity index (χ0n) is 9.05. The Bertz CT molecular complexity index is 220. The van der Waals surface area contributed by atoms with Gasteiger partial charge in [0.2, 0.25) is 0 Å². The van der Waals surface area contributed by atoms with Gasteiger partial charge in [0.25, 0.3) is 0 Å². The minimum absolute atomic E-state index is 0.746. The van der Waals surface area contributed by atoms with Crippen LogP contribution in [0, 0.1) is 29.1 Å². The fourth-order valence-corrected chi connectivity index (χ4v) is 4.97. The Hall–Kier alpha value is 0. The molecular formula is C13H22. The highest BCUT2D eigenvalue weighted by Gasteiger charge is 2.57. The number of hydrogen-bond donors (Lipinski definition) is 0. The lowest BCUT2D eigenvalue weighted by atomic mass is 9.65. The molecule has 3 aliphatic carbocycles.